The minimum absolute atomic E-state index is 0.0985. The summed E-state index contributed by atoms with van der Waals surface area (Å²) in [4.78, 5) is 17.4. The Morgan fingerprint density at radius 2 is 1.88 bits per heavy atom. The third-order valence-electron chi connectivity index (χ3n) is 5.16. The summed E-state index contributed by atoms with van der Waals surface area (Å²) < 4.78 is 5.68. The predicted octanol–water partition coefficient (Wildman–Crippen LogP) is 3.58. The highest BCUT2D eigenvalue weighted by atomic mass is 35.5. The van der Waals surface area contributed by atoms with E-state index in [4.69, 9.17) is 16.3 Å². The molecule has 2 heterocycles. The largest absolute Gasteiger partial charge is 0.484 e. The zero-order valence-corrected chi connectivity index (χ0v) is 15.2. The van der Waals surface area contributed by atoms with E-state index in [9.17, 15) is 4.79 Å². The summed E-state index contributed by atoms with van der Waals surface area (Å²) in [6, 6.07) is 7.79. The van der Waals surface area contributed by atoms with E-state index in [1.165, 1.54) is 32.4 Å². The van der Waals surface area contributed by atoms with Gasteiger partial charge in [-0.25, -0.2) is 0 Å². The van der Waals surface area contributed by atoms with E-state index < -0.39 is 0 Å². The number of benzene rings is 1. The standard InChI is InChI=1S/C19H27ClN2O2/c1-15-5-4-6-17(13-21-11-2-3-12-21)22(15)19(23)14-24-18-9-7-16(20)8-10-18/h7-10,15,17H,2-6,11-14H2,1H3/t15-,17-/m1/s1. The van der Waals surface area contributed by atoms with Crippen molar-refractivity contribution in [2.45, 2.75) is 51.1 Å². The van der Waals surface area contributed by atoms with Gasteiger partial charge in [0.15, 0.2) is 6.61 Å². The van der Waals surface area contributed by atoms with Crippen LogP contribution >= 0.6 is 11.6 Å². The number of amides is 1. The monoisotopic (exact) mass is 350 g/mol. The van der Waals surface area contributed by atoms with Gasteiger partial charge in [-0.3, -0.25) is 4.79 Å². The first-order chi connectivity index (χ1) is 11.6. The SMILES string of the molecule is C[C@@H]1CCC[C@H](CN2CCCC2)N1C(=O)COc1ccc(Cl)cc1. The second kappa shape index (κ2) is 8.21. The van der Waals surface area contributed by atoms with Gasteiger partial charge in [0.05, 0.1) is 0 Å². The first-order valence-electron chi connectivity index (χ1n) is 9.05. The van der Waals surface area contributed by atoms with E-state index in [2.05, 4.69) is 16.7 Å². The Morgan fingerprint density at radius 3 is 2.58 bits per heavy atom. The molecule has 3 rings (SSSR count). The maximum atomic E-state index is 12.8. The average molecular weight is 351 g/mol. The molecule has 0 radical (unpaired) electrons. The molecule has 0 bridgehead atoms. The highest BCUT2D eigenvalue weighted by Crippen LogP contribution is 2.25. The smallest absolute Gasteiger partial charge is 0.261 e. The summed E-state index contributed by atoms with van der Waals surface area (Å²) in [5.74, 6) is 0.787. The van der Waals surface area contributed by atoms with Gasteiger partial charge in [-0.2, -0.15) is 0 Å². The number of carbonyl (C=O) groups excluding carboxylic acids is 1. The molecular formula is C19H27ClN2O2. The molecule has 5 heteroatoms. The first kappa shape index (κ1) is 17.6. The van der Waals surface area contributed by atoms with Gasteiger partial charge in [0.25, 0.3) is 5.91 Å². The maximum Gasteiger partial charge on any atom is 0.261 e. The Hall–Kier alpha value is -1.26. The molecule has 0 aromatic heterocycles. The quantitative estimate of drug-likeness (QED) is 0.813. The van der Waals surface area contributed by atoms with Crippen LogP contribution in [0.3, 0.4) is 0 Å². The van der Waals surface area contributed by atoms with E-state index in [0.717, 1.165) is 19.4 Å². The van der Waals surface area contributed by atoms with Crippen LogP contribution in [-0.4, -0.2) is 54.0 Å². The van der Waals surface area contributed by atoms with Crippen LogP contribution in [0.15, 0.2) is 24.3 Å². The van der Waals surface area contributed by atoms with E-state index in [1.54, 1.807) is 24.3 Å². The Balaban J connectivity index is 1.59. The zero-order valence-electron chi connectivity index (χ0n) is 14.4. The molecular weight excluding hydrogens is 324 g/mol. The van der Waals surface area contributed by atoms with E-state index >= 15 is 0 Å². The highest BCUT2D eigenvalue weighted by Gasteiger charge is 2.33. The van der Waals surface area contributed by atoms with Crippen molar-refractivity contribution in [2.75, 3.05) is 26.2 Å². The molecule has 0 unspecified atom stereocenters. The van der Waals surface area contributed by atoms with Gasteiger partial charge in [-0.15, -0.1) is 0 Å². The summed E-state index contributed by atoms with van der Waals surface area (Å²) in [6.45, 7) is 5.62. The molecule has 2 saturated heterocycles. The van der Waals surface area contributed by atoms with Gasteiger partial charge < -0.3 is 14.5 Å². The highest BCUT2D eigenvalue weighted by molar-refractivity contribution is 6.30. The van der Waals surface area contributed by atoms with E-state index in [-0.39, 0.29) is 12.5 Å². The van der Waals surface area contributed by atoms with Crippen molar-refractivity contribution in [1.82, 2.24) is 9.80 Å². The number of likely N-dealkylation sites (tertiary alicyclic amines) is 2. The van der Waals surface area contributed by atoms with E-state index in [0.29, 0.717) is 22.9 Å². The average Bonchev–Trinajstić information content (AvgIpc) is 3.07. The van der Waals surface area contributed by atoms with Crippen molar-refractivity contribution in [2.24, 2.45) is 0 Å². The lowest BCUT2D eigenvalue weighted by Crippen LogP contribution is -2.54. The fraction of sp³-hybridized carbons (Fsp3) is 0.632. The van der Waals surface area contributed by atoms with Crippen LogP contribution in [0.4, 0.5) is 0 Å². The summed E-state index contributed by atoms with van der Waals surface area (Å²) in [5, 5.41) is 0.670. The van der Waals surface area contributed by atoms with Crippen molar-refractivity contribution in [3.05, 3.63) is 29.3 Å². The van der Waals surface area contributed by atoms with Crippen LogP contribution in [-0.2, 0) is 4.79 Å². The lowest BCUT2D eigenvalue weighted by Gasteiger charge is -2.42. The van der Waals surface area contributed by atoms with Crippen molar-refractivity contribution in [3.63, 3.8) is 0 Å². The molecule has 2 fully saturated rings. The Bertz CT molecular complexity index is 543. The molecule has 0 aliphatic carbocycles. The Morgan fingerprint density at radius 1 is 1.17 bits per heavy atom. The normalized spacial score (nSPS) is 25.0. The molecule has 0 spiro atoms. The number of piperidine rings is 1. The molecule has 1 aromatic carbocycles. The Kier molecular flexibility index (Phi) is 6.01. The zero-order chi connectivity index (χ0) is 16.9. The van der Waals surface area contributed by atoms with Crippen LogP contribution in [0.5, 0.6) is 5.75 Å². The van der Waals surface area contributed by atoms with Crippen LogP contribution in [0, 0.1) is 0 Å². The van der Waals surface area contributed by atoms with Crippen molar-refractivity contribution >= 4 is 17.5 Å². The number of hydrogen-bond acceptors (Lipinski definition) is 3. The predicted molar refractivity (Wildman–Crippen MR) is 96.6 cm³/mol. The molecule has 0 saturated carbocycles. The van der Waals surface area contributed by atoms with Gasteiger partial charge in [0, 0.05) is 23.7 Å². The van der Waals surface area contributed by atoms with E-state index in [1.807, 2.05) is 0 Å². The number of ether oxygens (including phenoxy) is 1. The fourth-order valence-electron chi connectivity index (χ4n) is 3.93. The topological polar surface area (TPSA) is 32.8 Å². The fourth-order valence-corrected chi connectivity index (χ4v) is 4.06. The maximum absolute atomic E-state index is 12.8. The molecule has 1 aromatic rings. The summed E-state index contributed by atoms with van der Waals surface area (Å²) in [7, 11) is 0. The second-order valence-electron chi connectivity index (χ2n) is 6.99. The molecule has 2 atom stereocenters. The van der Waals surface area contributed by atoms with Crippen molar-refractivity contribution in [3.8, 4) is 5.75 Å². The third-order valence-corrected chi connectivity index (χ3v) is 5.41. The molecule has 132 valence electrons. The van der Waals surface area contributed by atoms with Crippen LogP contribution in [0.2, 0.25) is 5.02 Å². The number of hydrogen-bond donors (Lipinski definition) is 0. The Labute approximate surface area is 149 Å². The van der Waals surface area contributed by atoms with Crippen molar-refractivity contribution < 1.29 is 9.53 Å². The van der Waals surface area contributed by atoms with Gasteiger partial charge in [-0.1, -0.05) is 11.6 Å². The van der Waals surface area contributed by atoms with Gasteiger partial charge in [0.2, 0.25) is 0 Å². The lowest BCUT2D eigenvalue weighted by molar-refractivity contribution is -0.140. The third kappa shape index (κ3) is 4.42. The molecule has 0 N–H and O–H groups in total. The van der Waals surface area contributed by atoms with Crippen LogP contribution in [0.25, 0.3) is 0 Å². The number of rotatable bonds is 5. The minimum Gasteiger partial charge on any atom is -0.484 e. The minimum atomic E-state index is 0.0985. The van der Waals surface area contributed by atoms with Crippen LogP contribution < -0.4 is 4.74 Å². The number of halogens is 1. The second-order valence-corrected chi connectivity index (χ2v) is 7.42. The lowest BCUT2D eigenvalue weighted by atomic mass is 9.96. The summed E-state index contributed by atoms with van der Waals surface area (Å²) in [5.41, 5.74) is 0. The van der Waals surface area contributed by atoms with Crippen molar-refractivity contribution in [1.29, 1.82) is 0 Å². The molecule has 2 aliphatic rings. The molecule has 24 heavy (non-hydrogen) atoms. The van der Waals surface area contributed by atoms with Crippen LogP contribution in [0.1, 0.15) is 39.0 Å². The molecule has 1 amide bonds. The van der Waals surface area contributed by atoms with Gasteiger partial charge in [-0.05, 0) is 76.4 Å². The summed E-state index contributed by atoms with van der Waals surface area (Å²) in [6.07, 6.45) is 5.98. The molecule has 2 aliphatic heterocycles. The number of carbonyl (C=O) groups is 1. The molecule has 4 nitrogen and oxygen atoms in total. The van der Waals surface area contributed by atoms with Gasteiger partial charge >= 0.3 is 0 Å². The van der Waals surface area contributed by atoms with Gasteiger partial charge in [0.1, 0.15) is 5.75 Å². The first-order valence-corrected chi connectivity index (χ1v) is 9.43. The summed E-state index contributed by atoms with van der Waals surface area (Å²) >= 11 is 5.88. The number of nitrogens with zero attached hydrogens (tertiary/aromatic N) is 2.